The molecule has 2 atom stereocenters. The van der Waals surface area contributed by atoms with E-state index in [9.17, 15) is 0 Å². The molecule has 0 spiro atoms. The van der Waals surface area contributed by atoms with Gasteiger partial charge in [0.15, 0.2) is 0 Å². The molecule has 1 fully saturated rings. The quantitative estimate of drug-likeness (QED) is 0.905. The molecule has 0 aromatic heterocycles. The molecular formula is C13H15Cl3N2O. The van der Waals surface area contributed by atoms with Crippen molar-refractivity contribution in [1.82, 2.24) is 5.32 Å². The molecule has 0 amide bonds. The molecule has 1 heterocycles. The summed E-state index contributed by atoms with van der Waals surface area (Å²) in [6.45, 7) is 2.21. The lowest BCUT2D eigenvalue weighted by molar-refractivity contribution is 0.0320. The smallest absolute Gasteiger partial charge is 0.0876 e. The minimum Gasteiger partial charge on any atom is -0.372 e. The predicted octanol–water partition coefficient (Wildman–Crippen LogP) is 3.61. The molecule has 0 bridgehead atoms. The third-order valence-electron chi connectivity index (χ3n) is 3.04. The first kappa shape index (κ1) is 16.6. The van der Waals surface area contributed by atoms with E-state index in [1.807, 2.05) is 12.1 Å². The Balaban J connectivity index is 0.00000180. The van der Waals surface area contributed by atoms with Crippen molar-refractivity contribution < 1.29 is 4.74 Å². The maximum absolute atomic E-state index is 8.89. The molecule has 1 aliphatic heterocycles. The Labute approximate surface area is 129 Å². The van der Waals surface area contributed by atoms with Crippen LogP contribution in [-0.2, 0) is 4.74 Å². The van der Waals surface area contributed by atoms with Gasteiger partial charge < -0.3 is 10.1 Å². The van der Waals surface area contributed by atoms with Crippen molar-refractivity contribution in [3.05, 3.63) is 33.8 Å². The fourth-order valence-corrected chi connectivity index (χ4v) is 2.45. The summed E-state index contributed by atoms with van der Waals surface area (Å²) >= 11 is 11.9. The molecule has 1 aliphatic rings. The summed E-state index contributed by atoms with van der Waals surface area (Å²) in [6.07, 6.45) is 0.354. The highest BCUT2D eigenvalue weighted by molar-refractivity contribution is 6.42. The highest BCUT2D eigenvalue weighted by atomic mass is 35.5. The van der Waals surface area contributed by atoms with E-state index in [0.29, 0.717) is 23.1 Å². The summed E-state index contributed by atoms with van der Waals surface area (Å²) in [7, 11) is 0. The minimum absolute atomic E-state index is 0. The van der Waals surface area contributed by atoms with Crippen LogP contribution in [0.1, 0.15) is 18.1 Å². The van der Waals surface area contributed by atoms with Crippen molar-refractivity contribution in [1.29, 1.82) is 5.26 Å². The fraction of sp³-hybridized carbons (Fsp3) is 0.462. The normalized spacial score (nSPS) is 23.0. The molecule has 6 heteroatoms. The Morgan fingerprint density at radius 1 is 1.37 bits per heavy atom. The summed E-state index contributed by atoms with van der Waals surface area (Å²) < 4.78 is 5.83. The van der Waals surface area contributed by atoms with E-state index in [1.165, 1.54) is 0 Å². The van der Waals surface area contributed by atoms with Gasteiger partial charge in [0, 0.05) is 25.4 Å². The Morgan fingerprint density at radius 2 is 2.16 bits per heavy atom. The monoisotopic (exact) mass is 320 g/mol. The first-order valence-electron chi connectivity index (χ1n) is 5.86. The molecule has 1 aromatic carbocycles. The van der Waals surface area contributed by atoms with Crippen LogP contribution in [0.2, 0.25) is 10.0 Å². The lowest BCUT2D eigenvalue weighted by atomic mass is 9.93. The third-order valence-corrected chi connectivity index (χ3v) is 3.78. The van der Waals surface area contributed by atoms with Gasteiger partial charge in [-0.2, -0.15) is 5.26 Å². The molecule has 1 N–H and O–H groups in total. The molecule has 2 rings (SSSR count). The molecule has 2 unspecified atom stereocenters. The van der Waals surface area contributed by atoms with Crippen LogP contribution in [0.25, 0.3) is 0 Å². The van der Waals surface area contributed by atoms with E-state index in [-0.39, 0.29) is 24.4 Å². The summed E-state index contributed by atoms with van der Waals surface area (Å²) in [5, 5.41) is 13.2. The van der Waals surface area contributed by atoms with Crippen LogP contribution in [0.5, 0.6) is 0 Å². The first-order chi connectivity index (χ1) is 8.72. The Kier molecular flexibility index (Phi) is 6.92. The number of hydrogen-bond acceptors (Lipinski definition) is 3. The van der Waals surface area contributed by atoms with Gasteiger partial charge in [-0.1, -0.05) is 29.3 Å². The second kappa shape index (κ2) is 7.94. The number of hydrogen-bond donors (Lipinski definition) is 1. The second-order valence-corrected chi connectivity index (χ2v) is 5.11. The molecule has 1 saturated heterocycles. The summed E-state index contributed by atoms with van der Waals surface area (Å²) in [6, 6.07) is 7.72. The van der Waals surface area contributed by atoms with E-state index in [1.54, 1.807) is 6.07 Å². The van der Waals surface area contributed by atoms with E-state index in [0.717, 1.165) is 18.7 Å². The van der Waals surface area contributed by atoms with Crippen LogP contribution in [0.15, 0.2) is 18.2 Å². The molecule has 3 nitrogen and oxygen atoms in total. The fourth-order valence-electron chi connectivity index (χ4n) is 2.14. The molecule has 1 aromatic rings. The van der Waals surface area contributed by atoms with E-state index < -0.39 is 0 Å². The second-order valence-electron chi connectivity index (χ2n) is 4.29. The van der Waals surface area contributed by atoms with Crippen LogP contribution in [0.3, 0.4) is 0 Å². The van der Waals surface area contributed by atoms with Gasteiger partial charge in [0.2, 0.25) is 0 Å². The van der Waals surface area contributed by atoms with E-state index in [4.69, 9.17) is 33.2 Å². The van der Waals surface area contributed by atoms with Crippen LogP contribution in [0, 0.1) is 17.2 Å². The van der Waals surface area contributed by atoms with Crippen molar-refractivity contribution in [3.8, 4) is 6.07 Å². The van der Waals surface area contributed by atoms with Gasteiger partial charge in [0.25, 0.3) is 0 Å². The summed E-state index contributed by atoms with van der Waals surface area (Å²) in [5.74, 6) is 0.134. The number of rotatable bonds is 2. The van der Waals surface area contributed by atoms with Crippen LogP contribution < -0.4 is 5.32 Å². The number of benzene rings is 1. The predicted molar refractivity (Wildman–Crippen MR) is 79.0 cm³/mol. The van der Waals surface area contributed by atoms with Gasteiger partial charge in [-0.15, -0.1) is 12.4 Å². The van der Waals surface area contributed by atoms with Crippen molar-refractivity contribution in [3.63, 3.8) is 0 Å². The number of nitrogens with zero attached hydrogens (tertiary/aromatic N) is 1. The molecule has 0 radical (unpaired) electrons. The van der Waals surface area contributed by atoms with Crippen LogP contribution in [-0.4, -0.2) is 19.7 Å². The Morgan fingerprint density at radius 3 is 2.84 bits per heavy atom. The zero-order valence-electron chi connectivity index (χ0n) is 10.2. The van der Waals surface area contributed by atoms with E-state index >= 15 is 0 Å². The zero-order valence-corrected chi connectivity index (χ0v) is 12.6. The molecule has 19 heavy (non-hydrogen) atoms. The van der Waals surface area contributed by atoms with Crippen LogP contribution in [0.4, 0.5) is 0 Å². The maximum atomic E-state index is 8.89. The third kappa shape index (κ3) is 4.24. The van der Waals surface area contributed by atoms with Gasteiger partial charge in [0.05, 0.1) is 28.8 Å². The first-order valence-corrected chi connectivity index (χ1v) is 6.62. The lowest BCUT2D eigenvalue weighted by Gasteiger charge is -2.23. The van der Waals surface area contributed by atoms with E-state index in [2.05, 4.69) is 11.4 Å². The molecular weight excluding hydrogens is 307 g/mol. The largest absolute Gasteiger partial charge is 0.372 e. The molecule has 0 saturated carbocycles. The topological polar surface area (TPSA) is 45.0 Å². The highest BCUT2D eigenvalue weighted by Crippen LogP contribution is 2.33. The lowest BCUT2D eigenvalue weighted by Crippen LogP contribution is -2.24. The average Bonchev–Trinajstić information content (AvgIpc) is 2.59. The SMILES string of the molecule is Cl.N#CCC1CNCCOC1c1ccc(Cl)c(Cl)c1. The van der Waals surface area contributed by atoms with Crippen molar-refractivity contribution in [2.24, 2.45) is 5.92 Å². The van der Waals surface area contributed by atoms with Gasteiger partial charge >= 0.3 is 0 Å². The standard InChI is InChI=1S/C13H14Cl2N2O.ClH/c14-11-2-1-9(7-12(11)15)13-10(3-4-16)8-17-5-6-18-13;/h1-2,7,10,13,17H,3,5-6,8H2;1H. The van der Waals surface area contributed by atoms with Crippen molar-refractivity contribution in [2.45, 2.75) is 12.5 Å². The Hall–Kier alpha value is -0.500. The number of nitrogens with one attached hydrogen (secondary N) is 1. The summed E-state index contributed by atoms with van der Waals surface area (Å²) in [4.78, 5) is 0. The molecule has 0 aliphatic carbocycles. The Bertz CT molecular complexity index is 462. The van der Waals surface area contributed by atoms with Gasteiger partial charge in [0.1, 0.15) is 0 Å². The van der Waals surface area contributed by atoms with Gasteiger partial charge in [-0.3, -0.25) is 0 Å². The van der Waals surface area contributed by atoms with Gasteiger partial charge in [-0.25, -0.2) is 0 Å². The molecule has 104 valence electrons. The number of nitriles is 1. The number of halogens is 3. The minimum atomic E-state index is -0.102. The van der Waals surface area contributed by atoms with Crippen molar-refractivity contribution in [2.75, 3.05) is 19.7 Å². The van der Waals surface area contributed by atoms with Crippen LogP contribution >= 0.6 is 35.6 Å². The zero-order chi connectivity index (χ0) is 13.0. The van der Waals surface area contributed by atoms with Gasteiger partial charge in [-0.05, 0) is 17.7 Å². The number of ether oxygens (including phenoxy) is 1. The highest BCUT2D eigenvalue weighted by Gasteiger charge is 2.26. The average molecular weight is 322 g/mol. The summed E-state index contributed by atoms with van der Waals surface area (Å²) in [5.41, 5.74) is 0.980. The maximum Gasteiger partial charge on any atom is 0.0876 e. The van der Waals surface area contributed by atoms with Crippen molar-refractivity contribution >= 4 is 35.6 Å².